The molecule has 0 heterocycles. The van der Waals surface area contributed by atoms with Crippen molar-refractivity contribution in [3.8, 4) is 0 Å². The van der Waals surface area contributed by atoms with Crippen LogP contribution in [0.15, 0.2) is 0 Å². The SMILES string of the molecule is CCCNC1CCC(N(C)CCC(=O)NC(C)C)CC1. The van der Waals surface area contributed by atoms with Gasteiger partial charge in [-0.25, -0.2) is 0 Å². The Labute approximate surface area is 124 Å². The molecule has 4 nitrogen and oxygen atoms in total. The summed E-state index contributed by atoms with van der Waals surface area (Å²) in [7, 11) is 2.16. The van der Waals surface area contributed by atoms with E-state index in [0.717, 1.165) is 13.1 Å². The van der Waals surface area contributed by atoms with Crippen LogP contribution >= 0.6 is 0 Å². The first-order chi connectivity index (χ1) is 9.52. The highest BCUT2D eigenvalue weighted by Gasteiger charge is 2.23. The van der Waals surface area contributed by atoms with Gasteiger partial charge in [0.15, 0.2) is 0 Å². The van der Waals surface area contributed by atoms with Crippen molar-refractivity contribution in [1.82, 2.24) is 15.5 Å². The lowest BCUT2D eigenvalue weighted by atomic mass is 9.90. The van der Waals surface area contributed by atoms with E-state index in [1.165, 1.54) is 32.1 Å². The van der Waals surface area contributed by atoms with Gasteiger partial charge in [0.1, 0.15) is 0 Å². The Morgan fingerprint density at radius 2 is 1.90 bits per heavy atom. The normalized spacial score (nSPS) is 23.3. The van der Waals surface area contributed by atoms with Crippen LogP contribution in [-0.2, 0) is 4.79 Å². The molecule has 2 N–H and O–H groups in total. The van der Waals surface area contributed by atoms with Crippen molar-refractivity contribution >= 4 is 5.91 Å². The van der Waals surface area contributed by atoms with Gasteiger partial charge in [-0.15, -0.1) is 0 Å². The van der Waals surface area contributed by atoms with E-state index in [9.17, 15) is 4.79 Å². The van der Waals surface area contributed by atoms with Gasteiger partial charge in [0.25, 0.3) is 0 Å². The third-order valence-electron chi connectivity index (χ3n) is 4.14. The number of hydrogen-bond donors (Lipinski definition) is 2. The number of rotatable bonds is 8. The molecule has 0 unspecified atom stereocenters. The van der Waals surface area contributed by atoms with Crippen molar-refractivity contribution in [2.45, 2.75) is 77.4 Å². The summed E-state index contributed by atoms with van der Waals surface area (Å²) in [5.74, 6) is 0.171. The summed E-state index contributed by atoms with van der Waals surface area (Å²) < 4.78 is 0. The van der Waals surface area contributed by atoms with Crippen molar-refractivity contribution in [1.29, 1.82) is 0 Å². The van der Waals surface area contributed by atoms with Crippen LogP contribution in [-0.4, -0.2) is 49.1 Å². The van der Waals surface area contributed by atoms with Gasteiger partial charge in [-0.2, -0.15) is 0 Å². The molecular formula is C16H33N3O. The highest BCUT2D eigenvalue weighted by Crippen LogP contribution is 2.22. The van der Waals surface area contributed by atoms with Gasteiger partial charge in [-0.1, -0.05) is 6.92 Å². The zero-order chi connectivity index (χ0) is 15.0. The van der Waals surface area contributed by atoms with Crippen molar-refractivity contribution in [2.24, 2.45) is 0 Å². The van der Waals surface area contributed by atoms with Crippen LogP contribution in [0.25, 0.3) is 0 Å². The molecule has 0 bridgehead atoms. The van der Waals surface area contributed by atoms with E-state index < -0.39 is 0 Å². The van der Waals surface area contributed by atoms with Crippen LogP contribution in [0.5, 0.6) is 0 Å². The van der Waals surface area contributed by atoms with E-state index >= 15 is 0 Å². The third kappa shape index (κ3) is 6.71. The summed E-state index contributed by atoms with van der Waals surface area (Å²) >= 11 is 0. The van der Waals surface area contributed by atoms with E-state index in [1.54, 1.807) is 0 Å². The number of nitrogens with one attached hydrogen (secondary N) is 2. The molecule has 1 fully saturated rings. The van der Waals surface area contributed by atoms with Crippen LogP contribution in [0, 0.1) is 0 Å². The molecule has 0 saturated heterocycles. The first-order valence-electron chi connectivity index (χ1n) is 8.26. The Balaban J connectivity index is 2.18. The molecule has 0 spiro atoms. The van der Waals surface area contributed by atoms with Gasteiger partial charge in [0.2, 0.25) is 5.91 Å². The lowest BCUT2D eigenvalue weighted by Crippen LogP contribution is -2.42. The van der Waals surface area contributed by atoms with E-state index in [1.807, 2.05) is 13.8 Å². The maximum atomic E-state index is 11.7. The average molecular weight is 283 g/mol. The van der Waals surface area contributed by atoms with Crippen LogP contribution < -0.4 is 10.6 Å². The van der Waals surface area contributed by atoms with E-state index in [-0.39, 0.29) is 11.9 Å². The fourth-order valence-corrected chi connectivity index (χ4v) is 2.92. The molecule has 0 aromatic rings. The minimum absolute atomic E-state index is 0.171. The Kier molecular flexibility index (Phi) is 8.15. The summed E-state index contributed by atoms with van der Waals surface area (Å²) in [6, 6.07) is 1.61. The predicted molar refractivity (Wildman–Crippen MR) is 84.9 cm³/mol. The average Bonchev–Trinajstić information content (AvgIpc) is 2.42. The first-order valence-corrected chi connectivity index (χ1v) is 8.26. The molecule has 0 aromatic heterocycles. The van der Waals surface area contributed by atoms with Crippen molar-refractivity contribution < 1.29 is 4.79 Å². The summed E-state index contributed by atoms with van der Waals surface area (Å²) in [6.07, 6.45) is 6.88. The number of amides is 1. The fourth-order valence-electron chi connectivity index (χ4n) is 2.92. The summed E-state index contributed by atoms with van der Waals surface area (Å²) in [6.45, 7) is 8.24. The molecule has 1 rings (SSSR count). The molecule has 118 valence electrons. The van der Waals surface area contributed by atoms with E-state index in [2.05, 4.69) is 29.5 Å². The first kappa shape index (κ1) is 17.4. The van der Waals surface area contributed by atoms with Gasteiger partial charge < -0.3 is 15.5 Å². The second kappa shape index (κ2) is 9.35. The fraction of sp³-hybridized carbons (Fsp3) is 0.938. The molecule has 1 amide bonds. The summed E-state index contributed by atoms with van der Waals surface area (Å²) in [4.78, 5) is 14.0. The predicted octanol–water partition coefficient (Wildman–Crippen LogP) is 2.14. The summed E-state index contributed by atoms with van der Waals surface area (Å²) in [5, 5.41) is 6.58. The smallest absolute Gasteiger partial charge is 0.221 e. The number of hydrogen-bond acceptors (Lipinski definition) is 3. The standard InChI is InChI=1S/C16H33N3O/c1-5-11-17-14-6-8-15(9-7-14)19(4)12-10-16(20)18-13(2)3/h13-15,17H,5-12H2,1-4H3,(H,18,20). The van der Waals surface area contributed by atoms with Crippen molar-refractivity contribution in [3.63, 3.8) is 0 Å². The Morgan fingerprint density at radius 3 is 2.45 bits per heavy atom. The second-order valence-electron chi connectivity index (χ2n) is 6.41. The highest BCUT2D eigenvalue weighted by molar-refractivity contribution is 5.76. The molecular weight excluding hydrogens is 250 g/mol. The monoisotopic (exact) mass is 283 g/mol. The number of nitrogens with zero attached hydrogens (tertiary/aromatic N) is 1. The van der Waals surface area contributed by atoms with Crippen LogP contribution in [0.2, 0.25) is 0 Å². The Hall–Kier alpha value is -0.610. The minimum atomic E-state index is 0.171. The minimum Gasteiger partial charge on any atom is -0.354 e. The molecule has 0 aliphatic heterocycles. The maximum absolute atomic E-state index is 11.7. The van der Waals surface area contributed by atoms with Crippen LogP contribution in [0.4, 0.5) is 0 Å². The largest absolute Gasteiger partial charge is 0.354 e. The highest BCUT2D eigenvalue weighted by atomic mass is 16.1. The van der Waals surface area contributed by atoms with Crippen LogP contribution in [0.1, 0.15) is 59.3 Å². The van der Waals surface area contributed by atoms with Gasteiger partial charge in [-0.3, -0.25) is 4.79 Å². The molecule has 1 aliphatic rings. The summed E-state index contributed by atoms with van der Waals surface area (Å²) in [5.41, 5.74) is 0. The Bertz CT molecular complexity index is 273. The van der Waals surface area contributed by atoms with Crippen LogP contribution in [0.3, 0.4) is 0 Å². The second-order valence-corrected chi connectivity index (χ2v) is 6.41. The quantitative estimate of drug-likeness (QED) is 0.717. The number of carbonyl (C=O) groups is 1. The topological polar surface area (TPSA) is 44.4 Å². The van der Waals surface area contributed by atoms with E-state index in [0.29, 0.717) is 18.5 Å². The van der Waals surface area contributed by atoms with E-state index in [4.69, 9.17) is 0 Å². The maximum Gasteiger partial charge on any atom is 0.221 e. The lowest BCUT2D eigenvalue weighted by molar-refractivity contribution is -0.122. The van der Waals surface area contributed by atoms with Crippen molar-refractivity contribution in [3.05, 3.63) is 0 Å². The van der Waals surface area contributed by atoms with Gasteiger partial charge in [0, 0.05) is 31.1 Å². The molecule has 1 saturated carbocycles. The molecule has 4 heteroatoms. The molecule has 0 atom stereocenters. The molecule has 0 aromatic carbocycles. The molecule has 0 radical (unpaired) electrons. The van der Waals surface area contributed by atoms with Gasteiger partial charge >= 0.3 is 0 Å². The molecule has 1 aliphatic carbocycles. The third-order valence-corrected chi connectivity index (χ3v) is 4.14. The van der Waals surface area contributed by atoms with Gasteiger partial charge in [0.05, 0.1) is 0 Å². The number of carbonyl (C=O) groups excluding carboxylic acids is 1. The lowest BCUT2D eigenvalue weighted by Gasteiger charge is -2.35. The van der Waals surface area contributed by atoms with Gasteiger partial charge in [-0.05, 0) is 59.5 Å². The van der Waals surface area contributed by atoms with Crippen molar-refractivity contribution in [2.75, 3.05) is 20.1 Å². The molecule has 20 heavy (non-hydrogen) atoms. The zero-order valence-corrected chi connectivity index (χ0v) is 13.7. The zero-order valence-electron chi connectivity index (χ0n) is 13.7. The Morgan fingerprint density at radius 1 is 1.25 bits per heavy atom.